The minimum atomic E-state index is -4.43. The number of carboxylic acid groups (broad SMARTS) is 1. The molecule has 0 saturated carbocycles. The van der Waals surface area contributed by atoms with Crippen molar-refractivity contribution in [3.8, 4) is 17.1 Å². The fourth-order valence-electron chi connectivity index (χ4n) is 3.70. The number of hydrogen-bond donors (Lipinski definition) is 1. The van der Waals surface area contributed by atoms with Crippen LogP contribution >= 0.6 is 0 Å². The average Bonchev–Trinajstić information content (AvgIpc) is 3.11. The number of nitrogens with zero attached hydrogens (tertiary/aromatic N) is 2. The number of halogens is 4. The molecule has 1 heterocycles. The summed E-state index contributed by atoms with van der Waals surface area (Å²) in [7, 11) is 0. The van der Waals surface area contributed by atoms with E-state index in [0.717, 1.165) is 17.8 Å². The number of alkyl halides is 3. The van der Waals surface area contributed by atoms with E-state index in [1.165, 1.54) is 30.3 Å². The smallest absolute Gasteiger partial charge is 0.416 e. The molecule has 9 heteroatoms. The maximum atomic E-state index is 14.0. The minimum Gasteiger partial charge on any atom is -0.493 e. The average molecular weight is 478 g/mol. The van der Waals surface area contributed by atoms with Gasteiger partial charge in [-0.2, -0.15) is 13.2 Å². The molecule has 3 aromatic rings. The van der Waals surface area contributed by atoms with Gasteiger partial charge in [0.05, 0.1) is 18.7 Å². The SMILES string of the molecule is Cc1cnc(-c2ccc(C(F)(F)F)cc2)n1Cc1cc(F)ccc1OCCC[C@@H](C)CC(=O)O. The van der Waals surface area contributed by atoms with E-state index in [0.29, 0.717) is 42.1 Å². The number of carbonyl (C=O) groups is 1. The number of rotatable bonds is 10. The third-order valence-corrected chi connectivity index (χ3v) is 5.50. The zero-order valence-corrected chi connectivity index (χ0v) is 18.9. The first-order chi connectivity index (χ1) is 16.0. The fourth-order valence-corrected chi connectivity index (χ4v) is 3.70. The molecule has 0 aliphatic carbocycles. The Hall–Kier alpha value is -3.36. The molecule has 34 heavy (non-hydrogen) atoms. The van der Waals surface area contributed by atoms with Crippen molar-refractivity contribution in [3.63, 3.8) is 0 Å². The number of aliphatic carboxylic acids is 1. The number of ether oxygens (including phenoxy) is 1. The number of carboxylic acids is 1. The van der Waals surface area contributed by atoms with Crippen molar-refractivity contribution < 1.29 is 32.2 Å². The van der Waals surface area contributed by atoms with E-state index in [-0.39, 0.29) is 18.9 Å². The maximum Gasteiger partial charge on any atom is 0.416 e. The largest absolute Gasteiger partial charge is 0.493 e. The van der Waals surface area contributed by atoms with E-state index >= 15 is 0 Å². The lowest BCUT2D eigenvalue weighted by molar-refractivity contribution is -0.138. The van der Waals surface area contributed by atoms with E-state index < -0.39 is 23.5 Å². The van der Waals surface area contributed by atoms with Crippen molar-refractivity contribution in [1.82, 2.24) is 9.55 Å². The highest BCUT2D eigenvalue weighted by atomic mass is 19.4. The molecule has 1 aromatic heterocycles. The standard InChI is InChI=1S/C25H26F4N2O3/c1-16(12-23(32)33)4-3-11-34-22-10-9-21(26)13-19(22)15-31-17(2)14-30-24(31)18-5-7-20(8-6-18)25(27,28)29/h5-10,13-14,16H,3-4,11-12,15H2,1-2H3,(H,32,33)/t16-/m1/s1. The zero-order valence-electron chi connectivity index (χ0n) is 18.9. The molecular weight excluding hydrogens is 452 g/mol. The predicted octanol–water partition coefficient (Wildman–Crippen LogP) is 6.33. The number of imidazole rings is 1. The molecule has 2 aromatic carbocycles. The first-order valence-electron chi connectivity index (χ1n) is 10.9. The third kappa shape index (κ3) is 6.59. The summed E-state index contributed by atoms with van der Waals surface area (Å²) in [6.45, 7) is 4.23. The molecule has 5 nitrogen and oxygen atoms in total. The van der Waals surface area contributed by atoms with Gasteiger partial charge >= 0.3 is 12.1 Å². The summed E-state index contributed by atoms with van der Waals surface area (Å²) < 4.78 is 60.4. The summed E-state index contributed by atoms with van der Waals surface area (Å²) in [6, 6.07) is 8.93. The highest BCUT2D eigenvalue weighted by Crippen LogP contribution is 2.31. The van der Waals surface area contributed by atoms with Gasteiger partial charge < -0.3 is 14.4 Å². The summed E-state index contributed by atoms with van der Waals surface area (Å²) >= 11 is 0. The molecule has 0 unspecified atom stereocenters. The van der Waals surface area contributed by atoms with Crippen LogP contribution in [0.4, 0.5) is 17.6 Å². The highest BCUT2D eigenvalue weighted by molar-refractivity contribution is 5.66. The molecule has 1 atom stereocenters. The molecular formula is C25H26F4N2O3. The molecule has 0 radical (unpaired) electrons. The number of aromatic nitrogens is 2. The van der Waals surface area contributed by atoms with Crippen molar-refractivity contribution in [2.45, 2.75) is 45.8 Å². The van der Waals surface area contributed by atoms with E-state index in [2.05, 4.69) is 4.98 Å². The lowest BCUT2D eigenvalue weighted by atomic mass is 10.0. The lowest BCUT2D eigenvalue weighted by Crippen LogP contribution is -2.09. The van der Waals surface area contributed by atoms with Crippen molar-refractivity contribution in [1.29, 1.82) is 0 Å². The Bertz CT molecular complexity index is 1120. The molecule has 0 fully saturated rings. The second-order valence-corrected chi connectivity index (χ2v) is 8.33. The van der Waals surface area contributed by atoms with Crippen LogP contribution in [-0.4, -0.2) is 27.2 Å². The van der Waals surface area contributed by atoms with Gasteiger partial charge in [0.25, 0.3) is 0 Å². The molecule has 1 N–H and O–H groups in total. The summed E-state index contributed by atoms with van der Waals surface area (Å²) in [5, 5.41) is 8.86. The molecule has 0 amide bonds. The highest BCUT2D eigenvalue weighted by Gasteiger charge is 2.30. The Morgan fingerprint density at radius 3 is 2.53 bits per heavy atom. The van der Waals surface area contributed by atoms with Gasteiger partial charge in [-0.3, -0.25) is 4.79 Å². The predicted molar refractivity (Wildman–Crippen MR) is 119 cm³/mol. The topological polar surface area (TPSA) is 64.4 Å². The van der Waals surface area contributed by atoms with Crippen molar-refractivity contribution in [2.24, 2.45) is 5.92 Å². The van der Waals surface area contributed by atoms with E-state index in [9.17, 15) is 22.4 Å². The van der Waals surface area contributed by atoms with Gasteiger partial charge in [0.1, 0.15) is 17.4 Å². The van der Waals surface area contributed by atoms with Crippen LogP contribution in [0.25, 0.3) is 11.4 Å². The molecule has 3 rings (SSSR count). The van der Waals surface area contributed by atoms with E-state index in [1.807, 2.05) is 13.8 Å². The second-order valence-electron chi connectivity index (χ2n) is 8.33. The lowest BCUT2D eigenvalue weighted by Gasteiger charge is -2.16. The van der Waals surface area contributed by atoms with E-state index in [1.54, 1.807) is 10.8 Å². The number of hydrogen-bond acceptors (Lipinski definition) is 3. The van der Waals surface area contributed by atoms with Crippen LogP contribution in [0, 0.1) is 18.7 Å². The van der Waals surface area contributed by atoms with Gasteiger partial charge in [-0.15, -0.1) is 0 Å². The van der Waals surface area contributed by atoms with Crippen LogP contribution in [0.3, 0.4) is 0 Å². The fraction of sp³-hybridized carbons (Fsp3) is 0.360. The van der Waals surface area contributed by atoms with Gasteiger partial charge in [0.2, 0.25) is 0 Å². The first-order valence-corrected chi connectivity index (χ1v) is 10.9. The Labute approximate surface area is 195 Å². The summed E-state index contributed by atoms with van der Waals surface area (Å²) in [4.78, 5) is 15.1. The molecule has 182 valence electrons. The van der Waals surface area contributed by atoms with Crippen LogP contribution in [-0.2, 0) is 17.5 Å². The van der Waals surface area contributed by atoms with Gasteiger partial charge in [-0.05, 0) is 56.0 Å². The van der Waals surface area contributed by atoms with E-state index in [4.69, 9.17) is 9.84 Å². The number of aryl methyl sites for hydroxylation is 1. The maximum absolute atomic E-state index is 14.0. The molecule has 0 aliphatic rings. The third-order valence-electron chi connectivity index (χ3n) is 5.50. The van der Waals surface area contributed by atoms with Crippen LogP contribution in [0.2, 0.25) is 0 Å². The van der Waals surface area contributed by atoms with Crippen molar-refractivity contribution >= 4 is 5.97 Å². The first kappa shape index (κ1) is 25.3. The molecule has 0 aliphatic heterocycles. The van der Waals surface area contributed by atoms with Gasteiger partial charge in [-0.1, -0.05) is 19.1 Å². The molecule has 0 bridgehead atoms. The monoisotopic (exact) mass is 478 g/mol. The quantitative estimate of drug-likeness (QED) is 0.273. The van der Waals surface area contributed by atoms with Gasteiger partial charge in [0.15, 0.2) is 0 Å². The zero-order chi connectivity index (χ0) is 24.9. The van der Waals surface area contributed by atoms with Crippen LogP contribution in [0.5, 0.6) is 5.75 Å². The Kier molecular flexibility index (Phi) is 7.96. The Morgan fingerprint density at radius 1 is 1.18 bits per heavy atom. The van der Waals surface area contributed by atoms with Crippen molar-refractivity contribution in [2.75, 3.05) is 6.61 Å². The van der Waals surface area contributed by atoms with Gasteiger partial charge in [0, 0.05) is 29.4 Å². The Morgan fingerprint density at radius 2 is 1.88 bits per heavy atom. The summed E-state index contributed by atoms with van der Waals surface area (Å²) in [5.41, 5.74) is 1.08. The second kappa shape index (κ2) is 10.7. The summed E-state index contributed by atoms with van der Waals surface area (Å²) in [6.07, 6.45) is -1.40. The van der Waals surface area contributed by atoms with Crippen LogP contribution < -0.4 is 4.74 Å². The molecule has 0 spiro atoms. The van der Waals surface area contributed by atoms with Crippen LogP contribution in [0.1, 0.15) is 43.0 Å². The van der Waals surface area contributed by atoms with Crippen molar-refractivity contribution in [3.05, 3.63) is 71.3 Å². The number of benzene rings is 2. The molecule has 0 saturated heterocycles. The Balaban J connectivity index is 1.76. The van der Waals surface area contributed by atoms with Gasteiger partial charge in [-0.25, -0.2) is 9.37 Å². The minimum absolute atomic E-state index is 0.0219. The van der Waals surface area contributed by atoms with Crippen LogP contribution in [0.15, 0.2) is 48.7 Å². The summed E-state index contributed by atoms with van der Waals surface area (Å²) in [5.74, 6) is -0.309. The normalized spacial score (nSPS) is 12.5.